The highest BCUT2D eigenvalue weighted by Gasteiger charge is 2.23. The summed E-state index contributed by atoms with van der Waals surface area (Å²) in [5.41, 5.74) is 2.84. The minimum Gasteiger partial charge on any atom is -0.349 e. The van der Waals surface area contributed by atoms with E-state index in [0.717, 1.165) is 11.8 Å². The molecule has 1 fully saturated rings. The fourth-order valence-corrected chi connectivity index (χ4v) is 2.72. The number of hydrogen-bond donors (Lipinski definition) is 0. The van der Waals surface area contributed by atoms with E-state index in [0.29, 0.717) is 0 Å². The molecule has 0 amide bonds. The van der Waals surface area contributed by atoms with E-state index in [1.807, 2.05) is 0 Å². The van der Waals surface area contributed by atoms with Gasteiger partial charge in [0.1, 0.15) is 0 Å². The Labute approximate surface area is 87.1 Å². The Bertz CT molecular complexity index is 292. The van der Waals surface area contributed by atoms with Gasteiger partial charge in [-0.25, -0.2) is 0 Å². The summed E-state index contributed by atoms with van der Waals surface area (Å²) in [6.07, 6.45) is 4.30. The molecule has 2 atom stereocenters. The topological polar surface area (TPSA) is 4.93 Å². The first-order chi connectivity index (χ1) is 6.68. The quantitative estimate of drug-likeness (QED) is 0.674. The zero-order valence-corrected chi connectivity index (χ0v) is 9.59. The van der Waals surface area contributed by atoms with Gasteiger partial charge in [-0.2, -0.15) is 0 Å². The van der Waals surface area contributed by atoms with Crippen molar-refractivity contribution in [2.75, 3.05) is 0 Å². The third-order valence-electron chi connectivity index (χ3n) is 3.87. The van der Waals surface area contributed by atoms with Crippen LogP contribution in [0.2, 0.25) is 0 Å². The third kappa shape index (κ3) is 1.73. The van der Waals surface area contributed by atoms with Crippen LogP contribution in [0.15, 0.2) is 12.1 Å². The van der Waals surface area contributed by atoms with Crippen LogP contribution in [0, 0.1) is 25.7 Å². The lowest BCUT2D eigenvalue weighted by molar-refractivity contribution is 0.359. The Morgan fingerprint density at radius 1 is 1.21 bits per heavy atom. The van der Waals surface area contributed by atoms with Crippen molar-refractivity contribution in [3.05, 3.63) is 23.5 Å². The summed E-state index contributed by atoms with van der Waals surface area (Å²) < 4.78 is 2.48. The van der Waals surface area contributed by atoms with E-state index in [1.165, 1.54) is 37.2 Å². The molecule has 1 heteroatoms. The second-order valence-electron chi connectivity index (χ2n) is 4.89. The van der Waals surface area contributed by atoms with E-state index < -0.39 is 0 Å². The normalized spacial score (nSPS) is 27.1. The van der Waals surface area contributed by atoms with Crippen molar-refractivity contribution >= 4 is 0 Å². The average molecular weight is 191 g/mol. The highest BCUT2D eigenvalue weighted by atomic mass is 15.0. The zero-order chi connectivity index (χ0) is 10.1. The van der Waals surface area contributed by atoms with E-state index in [2.05, 4.69) is 37.5 Å². The molecule has 0 spiro atoms. The third-order valence-corrected chi connectivity index (χ3v) is 3.87. The van der Waals surface area contributed by atoms with Crippen LogP contribution in [0.4, 0.5) is 0 Å². The van der Waals surface area contributed by atoms with Crippen LogP contribution < -0.4 is 0 Å². The monoisotopic (exact) mass is 191 g/mol. The molecule has 1 saturated carbocycles. The lowest BCUT2D eigenvalue weighted by atomic mass is 9.98. The molecule has 1 aliphatic rings. The molecule has 0 radical (unpaired) electrons. The number of aromatic nitrogens is 1. The van der Waals surface area contributed by atoms with Crippen molar-refractivity contribution in [2.24, 2.45) is 11.8 Å². The van der Waals surface area contributed by atoms with Gasteiger partial charge in [-0.1, -0.05) is 19.8 Å². The van der Waals surface area contributed by atoms with Crippen LogP contribution >= 0.6 is 0 Å². The molecule has 0 aromatic carbocycles. The van der Waals surface area contributed by atoms with Crippen LogP contribution in [-0.4, -0.2) is 4.57 Å². The summed E-state index contributed by atoms with van der Waals surface area (Å²) in [6.45, 7) is 8.08. The smallest absolute Gasteiger partial charge is 0.0255 e. The highest BCUT2D eigenvalue weighted by molar-refractivity contribution is 5.13. The first-order valence-electron chi connectivity index (χ1n) is 5.81. The summed E-state index contributed by atoms with van der Waals surface area (Å²) in [7, 11) is 0. The van der Waals surface area contributed by atoms with Gasteiger partial charge in [0.2, 0.25) is 0 Å². The molecule has 1 nitrogen and oxygen atoms in total. The Kier molecular flexibility index (Phi) is 2.66. The van der Waals surface area contributed by atoms with Crippen LogP contribution in [0.25, 0.3) is 0 Å². The van der Waals surface area contributed by atoms with Gasteiger partial charge in [0.15, 0.2) is 0 Å². The van der Waals surface area contributed by atoms with Crippen LogP contribution in [0.3, 0.4) is 0 Å². The summed E-state index contributed by atoms with van der Waals surface area (Å²) in [4.78, 5) is 0. The number of nitrogens with zero attached hydrogens (tertiary/aromatic N) is 1. The van der Waals surface area contributed by atoms with Crippen molar-refractivity contribution in [2.45, 2.75) is 46.6 Å². The molecule has 1 heterocycles. The second-order valence-corrected chi connectivity index (χ2v) is 4.89. The number of hydrogen-bond acceptors (Lipinski definition) is 0. The molecular weight excluding hydrogens is 170 g/mol. The molecule has 14 heavy (non-hydrogen) atoms. The van der Waals surface area contributed by atoms with Gasteiger partial charge in [-0.15, -0.1) is 0 Å². The van der Waals surface area contributed by atoms with E-state index in [9.17, 15) is 0 Å². The van der Waals surface area contributed by atoms with Gasteiger partial charge >= 0.3 is 0 Å². The average Bonchev–Trinajstić information content (AvgIpc) is 2.67. The molecule has 78 valence electrons. The molecular formula is C13H21N. The summed E-state index contributed by atoms with van der Waals surface area (Å²) in [6, 6.07) is 4.46. The predicted molar refractivity (Wildman–Crippen MR) is 60.4 cm³/mol. The Morgan fingerprint density at radius 2 is 1.86 bits per heavy atom. The second kappa shape index (κ2) is 3.80. The van der Waals surface area contributed by atoms with Crippen molar-refractivity contribution in [3.8, 4) is 0 Å². The SMILES string of the molecule is Cc1ccc(C)n1CC1CCCC1C. The molecule has 0 saturated heterocycles. The minimum absolute atomic E-state index is 0.916. The van der Waals surface area contributed by atoms with Gasteiger partial charge in [-0.05, 0) is 44.2 Å². The summed E-state index contributed by atoms with van der Waals surface area (Å²) in [5, 5.41) is 0. The van der Waals surface area contributed by atoms with Crippen molar-refractivity contribution in [3.63, 3.8) is 0 Å². The van der Waals surface area contributed by atoms with E-state index in [4.69, 9.17) is 0 Å². The maximum absolute atomic E-state index is 2.48. The lowest BCUT2D eigenvalue weighted by Gasteiger charge is -2.18. The van der Waals surface area contributed by atoms with Crippen LogP contribution in [-0.2, 0) is 6.54 Å². The van der Waals surface area contributed by atoms with Gasteiger partial charge in [0.25, 0.3) is 0 Å². The summed E-state index contributed by atoms with van der Waals surface area (Å²) >= 11 is 0. The zero-order valence-electron chi connectivity index (χ0n) is 9.59. The fourth-order valence-electron chi connectivity index (χ4n) is 2.72. The maximum atomic E-state index is 2.48. The number of rotatable bonds is 2. The fraction of sp³-hybridized carbons (Fsp3) is 0.692. The Morgan fingerprint density at radius 3 is 2.36 bits per heavy atom. The van der Waals surface area contributed by atoms with Crippen molar-refractivity contribution in [1.29, 1.82) is 0 Å². The summed E-state index contributed by atoms with van der Waals surface area (Å²) in [5.74, 6) is 1.84. The van der Waals surface area contributed by atoms with E-state index in [-0.39, 0.29) is 0 Å². The Balaban J connectivity index is 2.10. The lowest BCUT2D eigenvalue weighted by Crippen LogP contribution is -2.14. The van der Waals surface area contributed by atoms with Crippen LogP contribution in [0.5, 0.6) is 0 Å². The standard InChI is InChI=1S/C13H21N/c1-10-5-4-6-13(10)9-14-11(2)7-8-12(14)3/h7-8,10,13H,4-6,9H2,1-3H3. The van der Waals surface area contributed by atoms with Gasteiger partial charge in [0.05, 0.1) is 0 Å². The minimum atomic E-state index is 0.916. The molecule has 1 aliphatic carbocycles. The van der Waals surface area contributed by atoms with Gasteiger partial charge < -0.3 is 4.57 Å². The largest absolute Gasteiger partial charge is 0.349 e. The van der Waals surface area contributed by atoms with E-state index >= 15 is 0 Å². The van der Waals surface area contributed by atoms with Gasteiger partial charge in [0, 0.05) is 17.9 Å². The van der Waals surface area contributed by atoms with Crippen molar-refractivity contribution < 1.29 is 0 Å². The highest BCUT2D eigenvalue weighted by Crippen LogP contribution is 2.32. The van der Waals surface area contributed by atoms with Gasteiger partial charge in [-0.3, -0.25) is 0 Å². The Hall–Kier alpha value is -0.720. The first kappa shape index (κ1) is 9.82. The molecule has 0 bridgehead atoms. The maximum Gasteiger partial charge on any atom is 0.0255 e. The van der Waals surface area contributed by atoms with E-state index in [1.54, 1.807) is 0 Å². The molecule has 0 N–H and O–H groups in total. The molecule has 0 aliphatic heterocycles. The molecule has 1 aromatic heterocycles. The molecule has 2 rings (SSSR count). The first-order valence-corrected chi connectivity index (χ1v) is 5.81. The van der Waals surface area contributed by atoms with Crippen molar-refractivity contribution in [1.82, 2.24) is 4.57 Å². The number of aryl methyl sites for hydroxylation is 2. The molecule has 1 aromatic rings. The van der Waals surface area contributed by atoms with Crippen LogP contribution in [0.1, 0.15) is 37.6 Å². The molecule has 2 unspecified atom stereocenters. The predicted octanol–water partition coefficient (Wildman–Crippen LogP) is 3.54.